The third kappa shape index (κ3) is 3.91. The maximum atomic E-state index is 12.7. The minimum Gasteiger partial charge on any atom is -0.454 e. The third-order valence-electron chi connectivity index (χ3n) is 5.85. The molecule has 170 valence electrons. The minimum atomic E-state index is -0.408. The van der Waals surface area contributed by atoms with E-state index >= 15 is 0 Å². The number of thioether (sulfide) groups is 1. The third-order valence-corrected chi connectivity index (χ3v) is 6.76. The van der Waals surface area contributed by atoms with Crippen LogP contribution in [0.25, 0.3) is 6.08 Å². The molecule has 33 heavy (non-hydrogen) atoms. The van der Waals surface area contributed by atoms with Gasteiger partial charge in [0.2, 0.25) is 6.79 Å². The molecule has 0 unspecified atom stereocenters. The number of nitrogens with zero attached hydrogens (tertiary/aromatic N) is 1. The molecular formula is C23H21N3O6S. The van der Waals surface area contributed by atoms with Gasteiger partial charge in [-0.2, -0.15) is 0 Å². The Morgan fingerprint density at radius 2 is 2.03 bits per heavy atom. The number of carbonyl (C=O) groups is 4. The van der Waals surface area contributed by atoms with Crippen molar-refractivity contribution in [2.24, 2.45) is 0 Å². The molecule has 3 heterocycles. The van der Waals surface area contributed by atoms with Crippen LogP contribution < -0.4 is 14.8 Å². The maximum Gasteiger partial charge on any atom is 0.293 e. The first kappa shape index (κ1) is 21.3. The van der Waals surface area contributed by atoms with Crippen molar-refractivity contribution in [2.45, 2.75) is 26.2 Å². The molecule has 3 amide bonds. The van der Waals surface area contributed by atoms with E-state index in [4.69, 9.17) is 9.47 Å². The van der Waals surface area contributed by atoms with Crippen LogP contribution in [0.15, 0.2) is 23.1 Å². The minimum absolute atomic E-state index is 0.0489. The number of amides is 3. The highest BCUT2D eigenvalue weighted by atomic mass is 32.2. The average Bonchev–Trinajstić information content (AvgIpc) is 3.46. The molecule has 2 N–H and O–H groups in total. The second kappa shape index (κ2) is 8.43. The van der Waals surface area contributed by atoms with Gasteiger partial charge in [-0.3, -0.25) is 24.1 Å². The van der Waals surface area contributed by atoms with E-state index in [2.05, 4.69) is 10.3 Å². The zero-order valence-electron chi connectivity index (χ0n) is 17.9. The van der Waals surface area contributed by atoms with E-state index in [1.165, 1.54) is 0 Å². The molecular weight excluding hydrogens is 446 g/mol. The number of nitrogens with one attached hydrogen (secondary N) is 2. The molecule has 9 nitrogen and oxygen atoms in total. The van der Waals surface area contributed by atoms with Gasteiger partial charge in [-0.05, 0) is 60.9 Å². The average molecular weight is 468 g/mol. The number of H-pyrrole nitrogens is 1. The first-order valence-corrected chi connectivity index (χ1v) is 11.4. The summed E-state index contributed by atoms with van der Waals surface area (Å²) in [6.07, 6.45) is 3.63. The first-order valence-electron chi connectivity index (χ1n) is 10.6. The van der Waals surface area contributed by atoms with E-state index in [-0.39, 0.29) is 31.6 Å². The number of rotatable bonds is 5. The number of ether oxygens (including phenoxy) is 2. The molecule has 5 rings (SSSR count). The van der Waals surface area contributed by atoms with Crippen LogP contribution in [0, 0.1) is 6.92 Å². The van der Waals surface area contributed by atoms with Crippen LogP contribution in [0.4, 0.5) is 4.79 Å². The van der Waals surface area contributed by atoms with E-state index < -0.39 is 11.1 Å². The number of Topliss-reactive ketones (excluding diaryl/α,β-unsaturated/α-hetero) is 1. The van der Waals surface area contributed by atoms with Gasteiger partial charge in [-0.15, -0.1) is 0 Å². The highest BCUT2D eigenvalue weighted by Crippen LogP contribution is 2.36. The lowest BCUT2D eigenvalue weighted by Gasteiger charge is -2.13. The van der Waals surface area contributed by atoms with Gasteiger partial charge in [0.25, 0.3) is 17.1 Å². The molecule has 0 spiro atoms. The Hall–Kier alpha value is -3.53. The van der Waals surface area contributed by atoms with Crippen LogP contribution in [0.1, 0.15) is 50.5 Å². The number of hydrogen-bond donors (Lipinski definition) is 2. The summed E-state index contributed by atoms with van der Waals surface area (Å²) in [6, 6.07) is 5.28. The van der Waals surface area contributed by atoms with Crippen molar-refractivity contribution in [1.29, 1.82) is 0 Å². The van der Waals surface area contributed by atoms with Crippen molar-refractivity contribution in [1.82, 2.24) is 15.2 Å². The van der Waals surface area contributed by atoms with Gasteiger partial charge in [0.05, 0.1) is 4.91 Å². The van der Waals surface area contributed by atoms with Gasteiger partial charge in [0.1, 0.15) is 5.69 Å². The Bertz CT molecular complexity index is 1230. The fourth-order valence-electron chi connectivity index (χ4n) is 4.22. The number of benzene rings is 1. The van der Waals surface area contributed by atoms with Gasteiger partial charge >= 0.3 is 0 Å². The predicted octanol–water partition coefficient (Wildman–Crippen LogP) is 3.04. The van der Waals surface area contributed by atoms with E-state index in [9.17, 15) is 19.2 Å². The van der Waals surface area contributed by atoms with Crippen LogP contribution in [-0.2, 0) is 11.2 Å². The van der Waals surface area contributed by atoms with Crippen LogP contribution in [-0.4, -0.2) is 52.6 Å². The summed E-state index contributed by atoms with van der Waals surface area (Å²) in [4.78, 5) is 54.4. The summed E-state index contributed by atoms with van der Waals surface area (Å²) in [5.41, 5.74) is 3.13. The van der Waals surface area contributed by atoms with E-state index in [0.29, 0.717) is 39.6 Å². The van der Waals surface area contributed by atoms with Crippen molar-refractivity contribution in [3.8, 4) is 11.5 Å². The molecule has 1 aromatic heterocycles. The normalized spacial score (nSPS) is 18.3. The van der Waals surface area contributed by atoms with Crippen LogP contribution >= 0.6 is 11.8 Å². The number of aryl methyl sites for hydroxylation is 1. The van der Waals surface area contributed by atoms with Crippen molar-refractivity contribution >= 4 is 40.7 Å². The van der Waals surface area contributed by atoms with Crippen LogP contribution in [0.3, 0.4) is 0 Å². The summed E-state index contributed by atoms with van der Waals surface area (Å²) in [6.45, 7) is 2.06. The van der Waals surface area contributed by atoms with Gasteiger partial charge in [0.15, 0.2) is 17.3 Å². The van der Waals surface area contributed by atoms with Crippen molar-refractivity contribution in [2.75, 3.05) is 19.9 Å². The largest absolute Gasteiger partial charge is 0.454 e. The molecule has 1 aliphatic carbocycles. The van der Waals surface area contributed by atoms with Gasteiger partial charge in [-0.1, -0.05) is 6.07 Å². The summed E-state index contributed by atoms with van der Waals surface area (Å²) in [5.74, 6) is 0.509. The maximum absolute atomic E-state index is 12.7. The highest BCUT2D eigenvalue weighted by Gasteiger charge is 2.35. The van der Waals surface area contributed by atoms with Crippen molar-refractivity contribution in [3.05, 3.63) is 51.2 Å². The standard InChI is InChI=1S/C23H21N3O6S/c1-12-19-14(3-2-4-15(19)27)25-20(12)21(28)24-7-8-26-22(29)18(33-23(26)30)10-13-5-6-16-17(9-13)32-11-31-16/h5-6,9-10,25H,2-4,7-8,11H2,1H3,(H,24,28)/b18-10-. The summed E-state index contributed by atoms with van der Waals surface area (Å²) in [7, 11) is 0. The van der Waals surface area contributed by atoms with E-state index in [0.717, 1.165) is 40.8 Å². The molecule has 1 aromatic carbocycles. The number of fused-ring (bicyclic) bond motifs is 2. The van der Waals surface area contributed by atoms with E-state index in [1.54, 1.807) is 31.2 Å². The predicted molar refractivity (Wildman–Crippen MR) is 120 cm³/mol. The zero-order chi connectivity index (χ0) is 23.1. The quantitative estimate of drug-likeness (QED) is 0.649. The Kier molecular flexibility index (Phi) is 5.45. The summed E-state index contributed by atoms with van der Waals surface area (Å²) < 4.78 is 10.6. The first-order chi connectivity index (χ1) is 15.9. The Balaban J connectivity index is 1.22. The molecule has 1 fully saturated rings. The lowest BCUT2D eigenvalue weighted by molar-refractivity contribution is -0.122. The molecule has 2 aliphatic heterocycles. The second-order valence-electron chi connectivity index (χ2n) is 7.96. The smallest absolute Gasteiger partial charge is 0.293 e. The lowest BCUT2D eigenvalue weighted by atomic mass is 9.94. The van der Waals surface area contributed by atoms with Crippen molar-refractivity contribution in [3.63, 3.8) is 0 Å². The van der Waals surface area contributed by atoms with Crippen molar-refractivity contribution < 1.29 is 28.7 Å². The van der Waals surface area contributed by atoms with Crippen LogP contribution in [0.2, 0.25) is 0 Å². The zero-order valence-corrected chi connectivity index (χ0v) is 18.7. The van der Waals surface area contributed by atoms with Gasteiger partial charge < -0.3 is 19.8 Å². The molecule has 1 saturated heterocycles. The number of hydrogen-bond acceptors (Lipinski definition) is 7. The number of aromatic nitrogens is 1. The fourth-order valence-corrected chi connectivity index (χ4v) is 5.08. The second-order valence-corrected chi connectivity index (χ2v) is 8.95. The highest BCUT2D eigenvalue weighted by molar-refractivity contribution is 8.18. The topological polar surface area (TPSA) is 118 Å². The summed E-state index contributed by atoms with van der Waals surface area (Å²) in [5, 5.41) is 2.35. The Labute approximate surface area is 193 Å². The number of imide groups is 1. The monoisotopic (exact) mass is 467 g/mol. The molecule has 0 saturated carbocycles. The number of aromatic amines is 1. The van der Waals surface area contributed by atoms with E-state index in [1.807, 2.05) is 0 Å². The van der Waals surface area contributed by atoms with Gasteiger partial charge in [-0.25, -0.2) is 0 Å². The summed E-state index contributed by atoms with van der Waals surface area (Å²) >= 11 is 0.856. The number of carbonyl (C=O) groups excluding carboxylic acids is 4. The molecule has 0 radical (unpaired) electrons. The molecule has 2 aromatic rings. The van der Waals surface area contributed by atoms with Gasteiger partial charge in [0, 0.05) is 30.8 Å². The Morgan fingerprint density at radius 3 is 2.85 bits per heavy atom. The molecule has 0 atom stereocenters. The molecule has 3 aliphatic rings. The fraction of sp³-hybridized carbons (Fsp3) is 0.304. The molecule has 0 bridgehead atoms. The number of ketones is 1. The van der Waals surface area contributed by atoms with Crippen LogP contribution in [0.5, 0.6) is 11.5 Å². The molecule has 10 heteroatoms. The Morgan fingerprint density at radius 1 is 1.21 bits per heavy atom. The SMILES string of the molecule is Cc1c(C(=O)NCCN2C(=O)S/C(=C\c3ccc4c(c3)OCO4)C2=O)[nH]c2c1C(=O)CCC2. The lowest BCUT2D eigenvalue weighted by Crippen LogP contribution is -2.37.